The van der Waals surface area contributed by atoms with Crippen LogP contribution >= 0.6 is 39.9 Å². The summed E-state index contributed by atoms with van der Waals surface area (Å²) in [6.45, 7) is 6.68. The molecule has 2 N–H and O–H groups in total. The summed E-state index contributed by atoms with van der Waals surface area (Å²) < 4.78 is 2.99. The molecule has 3 rings (SSSR count). The fraction of sp³-hybridized carbons (Fsp3) is 0.474. The minimum atomic E-state index is 0. The molecule has 0 spiro atoms. The predicted molar refractivity (Wildman–Crippen MR) is 126 cm³/mol. The molecule has 8 heteroatoms. The van der Waals surface area contributed by atoms with Gasteiger partial charge in [-0.1, -0.05) is 22.0 Å². The summed E-state index contributed by atoms with van der Waals surface area (Å²) in [5.41, 5.74) is 2.39. The van der Waals surface area contributed by atoms with Gasteiger partial charge in [-0.25, -0.2) is 4.99 Å². The average Bonchev–Trinajstić information content (AvgIpc) is 3.26. The maximum Gasteiger partial charge on any atom is 0.191 e. The Morgan fingerprint density at radius 1 is 1.33 bits per heavy atom. The number of halogens is 2. The number of aromatic nitrogens is 2. The molecule has 27 heavy (non-hydrogen) atoms. The fourth-order valence-corrected chi connectivity index (χ4v) is 3.59. The summed E-state index contributed by atoms with van der Waals surface area (Å²) in [6.07, 6.45) is 3.00. The molecule has 0 bridgehead atoms. The van der Waals surface area contributed by atoms with Crippen LogP contribution in [-0.4, -0.2) is 41.9 Å². The van der Waals surface area contributed by atoms with Crippen molar-refractivity contribution in [3.63, 3.8) is 0 Å². The average molecular weight is 547 g/mol. The molecule has 1 fully saturated rings. The summed E-state index contributed by atoms with van der Waals surface area (Å²) in [5.74, 6) is 1.49. The number of nitrogens with zero attached hydrogens (tertiary/aromatic N) is 4. The van der Waals surface area contributed by atoms with E-state index in [-0.39, 0.29) is 24.0 Å². The normalized spacial score (nSPS) is 16.9. The molecule has 0 radical (unpaired) electrons. The zero-order valence-electron chi connectivity index (χ0n) is 15.9. The number of hydrogen-bond acceptors (Lipinski definition) is 3. The number of guanidine groups is 1. The molecule has 0 saturated carbocycles. The first-order valence-corrected chi connectivity index (χ1v) is 9.94. The molecule has 1 aliphatic heterocycles. The van der Waals surface area contributed by atoms with E-state index >= 15 is 0 Å². The molecule has 148 valence electrons. The molecule has 6 nitrogen and oxygen atoms in total. The van der Waals surface area contributed by atoms with Crippen molar-refractivity contribution >= 4 is 51.6 Å². The van der Waals surface area contributed by atoms with Crippen LogP contribution in [0.15, 0.2) is 46.0 Å². The number of aliphatic imine (C=N–C) groups is 1. The smallest absolute Gasteiger partial charge is 0.191 e. The third kappa shape index (κ3) is 6.38. The number of nitrogens with one attached hydrogen (secondary N) is 2. The van der Waals surface area contributed by atoms with Gasteiger partial charge in [-0.2, -0.15) is 5.10 Å². The Hall–Kier alpha value is -1.29. The third-order valence-corrected chi connectivity index (χ3v) is 5.18. The highest BCUT2D eigenvalue weighted by Gasteiger charge is 2.22. The maximum atomic E-state index is 4.68. The lowest BCUT2D eigenvalue weighted by Crippen LogP contribution is -2.40. The molecule has 1 unspecified atom stereocenters. The number of hydrogen-bond donors (Lipinski definition) is 2. The topological polar surface area (TPSA) is 57.5 Å². The van der Waals surface area contributed by atoms with Gasteiger partial charge in [0.1, 0.15) is 0 Å². The Kier molecular flexibility index (Phi) is 8.88. The van der Waals surface area contributed by atoms with Crippen LogP contribution in [0.3, 0.4) is 0 Å². The predicted octanol–water partition coefficient (Wildman–Crippen LogP) is 3.38. The van der Waals surface area contributed by atoms with Crippen molar-refractivity contribution in [2.24, 2.45) is 18.0 Å². The zero-order chi connectivity index (χ0) is 18.4. The van der Waals surface area contributed by atoms with Crippen LogP contribution < -0.4 is 15.5 Å². The van der Waals surface area contributed by atoms with E-state index in [0.717, 1.165) is 42.3 Å². The van der Waals surface area contributed by atoms with Crippen LogP contribution in [0.5, 0.6) is 0 Å². The van der Waals surface area contributed by atoms with Gasteiger partial charge in [-0.15, -0.1) is 24.0 Å². The first-order valence-electron chi connectivity index (χ1n) is 9.15. The maximum absolute atomic E-state index is 4.68. The van der Waals surface area contributed by atoms with Gasteiger partial charge in [0.05, 0.1) is 12.2 Å². The minimum absolute atomic E-state index is 0. The Bertz CT molecular complexity index is 747. The van der Waals surface area contributed by atoms with Crippen molar-refractivity contribution in [3.8, 4) is 0 Å². The molecule has 2 aromatic rings. The molecule has 1 aliphatic rings. The van der Waals surface area contributed by atoms with Crippen LogP contribution in [0.2, 0.25) is 0 Å². The van der Waals surface area contributed by atoms with Crippen molar-refractivity contribution in [3.05, 3.63) is 46.7 Å². The SMILES string of the molecule is CCNC(=NCc1ccnn1C)NCC1CCN(c2cccc(Br)c2)C1.I. The highest BCUT2D eigenvalue weighted by atomic mass is 127. The molecule has 1 aromatic heterocycles. The van der Waals surface area contributed by atoms with Crippen LogP contribution in [-0.2, 0) is 13.6 Å². The number of benzene rings is 1. The number of rotatable bonds is 6. The molecule has 0 amide bonds. The molecule has 0 aliphatic carbocycles. The number of anilines is 1. The summed E-state index contributed by atoms with van der Waals surface area (Å²) in [5, 5.41) is 11.0. The monoisotopic (exact) mass is 546 g/mol. The number of aryl methyl sites for hydroxylation is 1. The van der Waals surface area contributed by atoms with Gasteiger partial charge in [0, 0.05) is 49.6 Å². The zero-order valence-corrected chi connectivity index (χ0v) is 19.8. The van der Waals surface area contributed by atoms with Crippen molar-refractivity contribution in [1.29, 1.82) is 0 Å². The van der Waals surface area contributed by atoms with Crippen LogP contribution in [0.25, 0.3) is 0 Å². The van der Waals surface area contributed by atoms with Gasteiger partial charge in [-0.3, -0.25) is 4.68 Å². The summed E-state index contributed by atoms with van der Waals surface area (Å²) >= 11 is 3.56. The van der Waals surface area contributed by atoms with E-state index in [1.807, 2.05) is 17.8 Å². The summed E-state index contributed by atoms with van der Waals surface area (Å²) in [4.78, 5) is 7.14. The Morgan fingerprint density at radius 2 is 2.19 bits per heavy atom. The van der Waals surface area contributed by atoms with E-state index in [2.05, 4.69) is 72.7 Å². The van der Waals surface area contributed by atoms with Crippen molar-refractivity contribution in [2.75, 3.05) is 31.1 Å². The molecule has 1 saturated heterocycles. The quantitative estimate of drug-likeness (QED) is 0.331. The first kappa shape index (κ1) is 22.0. The molecule has 1 atom stereocenters. The standard InChI is InChI=1S/C19H27BrN6.HI/c1-3-21-19(23-13-18-7-9-24-25(18)2)22-12-15-8-10-26(14-15)17-6-4-5-16(20)11-17;/h4-7,9,11,15H,3,8,10,12-14H2,1-2H3,(H2,21,22,23);1H. The van der Waals surface area contributed by atoms with Gasteiger partial charge >= 0.3 is 0 Å². The van der Waals surface area contributed by atoms with Crippen molar-refractivity contribution in [2.45, 2.75) is 19.9 Å². The lowest BCUT2D eigenvalue weighted by Gasteiger charge is -2.19. The lowest BCUT2D eigenvalue weighted by atomic mass is 10.1. The van der Waals surface area contributed by atoms with Gasteiger partial charge in [0.15, 0.2) is 5.96 Å². The second-order valence-electron chi connectivity index (χ2n) is 6.60. The van der Waals surface area contributed by atoms with Gasteiger partial charge in [-0.05, 0) is 43.5 Å². The minimum Gasteiger partial charge on any atom is -0.371 e. The second-order valence-corrected chi connectivity index (χ2v) is 7.52. The summed E-state index contributed by atoms with van der Waals surface area (Å²) in [6, 6.07) is 10.5. The van der Waals surface area contributed by atoms with E-state index in [1.54, 1.807) is 6.20 Å². The van der Waals surface area contributed by atoms with Gasteiger partial charge in [0.2, 0.25) is 0 Å². The van der Waals surface area contributed by atoms with E-state index in [1.165, 1.54) is 12.1 Å². The van der Waals surface area contributed by atoms with E-state index < -0.39 is 0 Å². The molecular weight excluding hydrogens is 519 g/mol. The lowest BCUT2D eigenvalue weighted by molar-refractivity contribution is 0.565. The van der Waals surface area contributed by atoms with Crippen LogP contribution in [0.1, 0.15) is 19.0 Å². The van der Waals surface area contributed by atoms with E-state index in [4.69, 9.17) is 0 Å². The van der Waals surface area contributed by atoms with E-state index in [9.17, 15) is 0 Å². The highest BCUT2D eigenvalue weighted by Crippen LogP contribution is 2.25. The molecular formula is C19H28BrIN6. The van der Waals surface area contributed by atoms with Crippen molar-refractivity contribution in [1.82, 2.24) is 20.4 Å². The Morgan fingerprint density at radius 3 is 2.89 bits per heavy atom. The molecule has 2 heterocycles. The van der Waals surface area contributed by atoms with Gasteiger partial charge in [0.25, 0.3) is 0 Å². The van der Waals surface area contributed by atoms with Crippen LogP contribution in [0, 0.1) is 5.92 Å². The second kappa shape index (κ2) is 10.9. The van der Waals surface area contributed by atoms with Gasteiger partial charge < -0.3 is 15.5 Å². The molecule has 1 aromatic carbocycles. The summed E-state index contributed by atoms with van der Waals surface area (Å²) in [7, 11) is 1.94. The highest BCUT2D eigenvalue weighted by molar-refractivity contribution is 14.0. The largest absolute Gasteiger partial charge is 0.371 e. The first-order chi connectivity index (χ1) is 12.7. The Labute approximate surface area is 187 Å². The van der Waals surface area contributed by atoms with Crippen molar-refractivity contribution < 1.29 is 0 Å². The Balaban J connectivity index is 0.00000261. The van der Waals surface area contributed by atoms with E-state index in [0.29, 0.717) is 12.5 Å². The fourth-order valence-electron chi connectivity index (χ4n) is 3.21. The third-order valence-electron chi connectivity index (χ3n) is 4.68. The van der Waals surface area contributed by atoms with Crippen LogP contribution in [0.4, 0.5) is 5.69 Å².